The van der Waals surface area contributed by atoms with Gasteiger partial charge in [-0.3, -0.25) is 0 Å². The summed E-state index contributed by atoms with van der Waals surface area (Å²) in [5.74, 6) is -0.382. The number of halogens is 1. The van der Waals surface area contributed by atoms with Crippen LogP contribution < -0.4 is 0 Å². The summed E-state index contributed by atoms with van der Waals surface area (Å²) in [6, 6.07) is 13.6. The van der Waals surface area contributed by atoms with Crippen LogP contribution in [0.3, 0.4) is 0 Å². The Morgan fingerprint density at radius 3 is 2.45 bits per heavy atom. The van der Waals surface area contributed by atoms with Gasteiger partial charge in [-0.05, 0) is 48.1 Å². The van der Waals surface area contributed by atoms with Gasteiger partial charge in [-0.25, -0.2) is 12.8 Å². The van der Waals surface area contributed by atoms with E-state index in [0.29, 0.717) is 28.6 Å². The first-order valence-electron chi connectivity index (χ1n) is 10.4. The molecule has 8 heteroatoms. The molecule has 1 aliphatic heterocycles. The summed E-state index contributed by atoms with van der Waals surface area (Å²) in [6.07, 6.45) is 1.58. The second-order valence-electron chi connectivity index (χ2n) is 8.90. The molecule has 31 heavy (non-hydrogen) atoms. The SMILES string of the molecule is CC(C)(C)c1ccc(S(=O)(=O)N2CCCC(c3nnc(-c4ccccc4F)s3)C2)cc1. The first kappa shape index (κ1) is 22.0. The minimum absolute atomic E-state index is 0.0354. The molecule has 1 aromatic heterocycles. The normalized spacial score (nSPS) is 18.3. The summed E-state index contributed by atoms with van der Waals surface area (Å²) in [5, 5.41) is 9.70. The molecular formula is C23H26FN3O2S2. The maximum atomic E-state index is 14.1. The highest BCUT2D eigenvalue weighted by Gasteiger charge is 2.33. The Bertz CT molecular complexity index is 1170. The molecule has 1 saturated heterocycles. The molecule has 4 rings (SSSR count). The third kappa shape index (κ3) is 4.56. The molecule has 164 valence electrons. The molecule has 0 amide bonds. The fraction of sp³-hybridized carbons (Fsp3) is 0.391. The van der Waals surface area contributed by atoms with Crippen molar-refractivity contribution >= 4 is 21.4 Å². The van der Waals surface area contributed by atoms with E-state index in [1.54, 1.807) is 30.3 Å². The zero-order valence-corrected chi connectivity index (χ0v) is 19.5. The van der Waals surface area contributed by atoms with Crippen molar-refractivity contribution in [2.75, 3.05) is 13.1 Å². The van der Waals surface area contributed by atoms with Crippen LogP contribution >= 0.6 is 11.3 Å². The molecule has 0 radical (unpaired) electrons. The smallest absolute Gasteiger partial charge is 0.207 e. The number of hydrogen-bond acceptors (Lipinski definition) is 5. The molecule has 2 heterocycles. The van der Waals surface area contributed by atoms with Crippen LogP contribution in [0.5, 0.6) is 0 Å². The quantitative estimate of drug-likeness (QED) is 0.537. The van der Waals surface area contributed by atoms with Gasteiger partial charge in [0, 0.05) is 24.6 Å². The summed E-state index contributed by atoms with van der Waals surface area (Å²) in [6.45, 7) is 7.14. The van der Waals surface area contributed by atoms with Gasteiger partial charge in [0.05, 0.1) is 4.90 Å². The van der Waals surface area contributed by atoms with E-state index in [-0.39, 0.29) is 17.2 Å². The molecule has 3 aromatic rings. The number of aromatic nitrogens is 2. The molecule has 5 nitrogen and oxygen atoms in total. The fourth-order valence-electron chi connectivity index (χ4n) is 3.78. The van der Waals surface area contributed by atoms with Gasteiger partial charge in [0.15, 0.2) is 5.01 Å². The van der Waals surface area contributed by atoms with Crippen molar-refractivity contribution in [3.05, 3.63) is 64.9 Å². The summed E-state index contributed by atoms with van der Waals surface area (Å²) in [5.41, 5.74) is 1.48. The van der Waals surface area contributed by atoms with E-state index in [2.05, 4.69) is 31.0 Å². The number of sulfonamides is 1. The Kier molecular flexibility index (Phi) is 5.98. The summed E-state index contributed by atoms with van der Waals surface area (Å²) < 4.78 is 42.1. The van der Waals surface area contributed by atoms with Gasteiger partial charge >= 0.3 is 0 Å². The Balaban J connectivity index is 1.54. The number of piperidine rings is 1. The van der Waals surface area contributed by atoms with Crippen molar-refractivity contribution in [2.24, 2.45) is 0 Å². The van der Waals surface area contributed by atoms with Crippen molar-refractivity contribution in [1.29, 1.82) is 0 Å². The van der Waals surface area contributed by atoms with Crippen LogP contribution in [-0.2, 0) is 15.4 Å². The molecule has 1 fully saturated rings. The molecule has 0 bridgehead atoms. The van der Waals surface area contributed by atoms with E-state index in [9.17, 15) is 12.8 Å². The topological polar surface area (TPSA) is 63.2 Å². The highest BCUT2D eigenvalue weighted by atomic mass is 32.2. The van der Waals surface area contributed by atoms with Crippen LogP contribution in [0, 0.1) is 5.82 Å². The fourth-order valence-corrected chi connectivity index (χ4v) is 6.30. The van der Waals surface area contributed by atoms with Gasteiger partial charge < -0.3 is 0 Å². The third-order valence-electron chi connectivity index (χ3n) is 5.64. The summed E-state index contributed by atoms with van der Waals surface area (Å²) in [4.78, 5) is 0.311. The number of rotatable bonds is 4. The average Bonchev–Trinajstić information content (AvgIpc) is 3.24. The zero-order chi connectivity index (χ0) is 22.2. The van der Waals surface area contributed by atoms with Gasteiger partial charge in [0.1, 0.15) is 10.8 Å². The van der Waals surface area contributed by atoms with Crippen LogP contribution in [0.1, 0.15) is 50.1 Å². The van der Waals surface area contributed by atoms with Crippen molar-refractivity contribution in [1.82, 2.24) is 14.5 Å². The standard InChI is InChI=1S/C23H26FN3O2S2/c1-23(2,3)17-10-12-18(13-11-17)31(28,29)27-14-6-7-16(15-27)21-25-26-22(30-21)19-8-4-5-9-20(19)24/h4-5,8-13,16H,6-7,14-15H2,1-3H3. The largest absolute Gasteiger partial charge is 0.243 e. The van der Waals surface area contributed by atoms with Crippen molar-refractivity contribution in [2.45, 2.75) is 49.8 Å². The first-order valence-corrected chi connectivity index (χ1v) is 12.6. The predicted molar refractivity (Wildman–Crippen MR) is 121 cm³/mol. The van der Waals surface area contributed by atoms with E-state index < -0.39 is 10.0 Å². The van der Waals surface area contributed by atoms with E-state index in [1.807, 2.05) is 12.1 Å². The Morgan fingerprint density at radius 1 is 1.06 bits per heavy atom. The second-order valence-corrected chi connectivity index (χ2v) is 11.8. The van der Waals surface area contributed by atoms with Crippen molar-refractivity contribution in [3.63, 3.8) is 0 Å². The Morgan fingerprint density at radius 2 is 1.77 bits per heavy atom. The van der Waals surface area contributed by atoms with E-state index in [4.69, 9.17) is 0 Å². The van der Waals surface area contributed by atoms with E-state index in [1.165, 1.54) is 21.7 Å². The average molecular weight is 460 g/mol. The second kappa shape index (κ2) is 8.41. The highest BCUT2D eigenvalue weighted by Crippen LogP contribution is 2.35. The molecule has 1 atom stereocenters. The maximum absolute atomic E-state index is 14.1. The summed E-state index contributed by atoms with van der Waals surface area (Å²) in [7, 11) is -3.59. The predicted octanol–water partition coefficient (Wildman–Crippen LogP) is 5.21. The Hall–Kier alpha value is -2.16. The zero-order valence-electron chi connectivity index (χ0n) is 17.9. The summed E-state index contributed by atoms with van der Waals surface area (Å²) >= 11 is 1.34. The van der Waals surface area contributed by atoms with Crippen LogP contribution in [-0.4, -0.2) is 36.0 Å². The van der Waals surface area contributed by atoms with Crippen LogP contribution in [0.2, 0.25) is 0 Å². The number of hydrogen-bond donors (Lipinski definition) is 0. The van der Waals surface area contributed by atoms with E-state index >= 15 is 0 Å². The number of benzene rings is 2. The molecule has 1 aliphatic rings. The molecule has 0 saturated carbocycles. The molecule has 0 aliphatic carbocycles. The highest BCUT2D eigenvalue weighted by molar-refractivity contribution is 7.89. The Labute approximate surface area is 187 Å². The van der Waals surface area contributed by atoms with Crippen molar-refractivity contribution < 1.29 is 12.8 Å². The maximum Gasteiger partial charge on any atom is 0.243 e. The minimum Gasteiger partial charge on any atom is -0.207 e. The molecule has 0 N–H and O–H groups in total. The lowest BCUT2D eigenvalue weighted by Crippen LogP contribution is -2.39. The lowest BCUT2D eigenvalue weighted by molar-refractivity contribution is 0.314. The molecule has 0 spiro atoms. The molecule has 1 unspecified atom stereocenters. The first-order chi connectivity index (χ1) is 14.7. The molecular weight excluding hydrogens is 433 g/mol. The van der Waals surface area contributed by atoms with Crippen LogP contribution in [0.25, 0.3) is 10.6 Å². The lowest BCUT2D eigenvalue weighted by atomic mass is 9.87. The van der Waals surface area contributed by atoms with Gasteiger partial charge in [-0.15, -0.1) is 10.2 Å². The van der Waals surface area contributed by atoms with Crippen LogP contribution in [0.4, 0.5) is 4.39 Å². The molecule has 2 aromatic carbocycles. The van der Waals surface area contributed by atoms with Gasteiger partial charge in [-0.2, -0.15) is 4.31 Å². The minimum atomic E-state index is -3.59. The monoisotopic (exact) mass is 459 g/mol. The van der Waals surface area contributed by atoms with E-state index in [0.717, 1.165) is 23.4 Å². The van der Waals surface area contributed by atoms with Crippen LogP contribution in [0.15, 0.2) is 53.4 Å². The van der Waals surface area contributed by atoms with Gasteiger partial charge in [0.2, 0.25) is 10.0 Å². The van der Waals surface area contributed by atoms with Crippen molar-refractivity contribution in [3.8, 4) is 10.6 Å². The lowest BCUT2D eigenvalue weighted by Gasteiger charge is -2.31. The van der Waals surface area contributed by atoms with Gasteiger partial charge in [0.25, 0.3) is 0 Å². The third-order valence-corrected chi connectivity index (χ3v) is 8.63. The number of nitrogens with zero attached hydrogens (tertiary/aromatic N) is 3. The van der Waals surface area contributed by atoms with Gasteiger partial charge in [-0.1, -0.05) is 56.4 Å².